The topological polar surface area (TPSA) is 9.86 Å². The summed E-state index contributed by atoms with van der Waals surface area (Å²) in [5.74, 6) is 0. The van der Waals surface area contributed by atoms with Gasteiger partial charge in [0.15, 0.2) is 0 Å². The van der Waals surface area contributed by atoms with Gasteiger partial charge in [0.05, 0.1) is 22.1 Å². The molecule has 10 aromatic carbocycles. The van der Waals surface area contributed by atoms with E-state index in [1.807, 2.05) is 0 Å². The van der Waals surface area contributed by atoms with Gasteiger partial charge in [0.2, 0.25) is 0 Å². The second-order valence-electron chi connectivity index (χ2n) is 19.7. The number of para-hydroxylation sites is 4. The average molecular weight is 907 g/mol. The molecule has 0 amide bonds. The summed E-state index contributed by atoms with van der Waals surface area (Å²) < 4.78 is 4.74. The summed E-state index contributed by atoms with van der Waals surface area (Å²) >= 11 is 0. The summed E-state index contributed by atoms with van der Waals surface area (Å²) in [4.78, 5) is 0. The van der Waals surface area contributed by atoms with Crippen LogP contribution in [0.25, 0.3) is 113 Å². The van der Waals surface area contributed by atoms with Crippen LogP contribution >= 0.6 is 0 Å². The van der Waals surface area contributed by atoms with Gasteiger partial charge < -0.3 is 9.13 Å². The largest absolute Gasteiger partial charge is 0.309 e. The lowest BCUT2D eigenvalue weighted by atomic mass is 9.75. The van der Waals surface area contributed by atoms with Crippen molar-refractivity contribution >= 4 is 67.9 Å². The Bertz CT molecular complexity index is 3800. The Morgan fingerprint density at radius 1 is 0.296 bits per heavy atom. The molecule has 2 aliphatic carbocycles. The highest BCUT2D eigenvalue weighted by atomic mass is 15.0. The van der Waals surface area contributed by atoms with Gasteiger partial charge in [0, 0.05) is 38.3 Å². The minimum atomic E-state index is 0.0606. The van der Waals surface area contributed by atoms with Crippen molar-refractivity contribution in [3.05, 3.63) is 264 Å². The summed E-state index contributed by atoms with van der Waals surface area (Å²) in [6.07, 6.45) is 13.9. The molecule has 2 heteroatoms. The molecule has 2 heterocycles. The molecule has 1 fully saturated rings. The molecule has 14 rings (SSSR count). The van der Waals surface area contributed by atoms with Crippen molar-refractivity contribution in [1.29, 1.82) is 0 Å². The zero-order valence-corrected chi connectivity index (χ0v) is 39.5. The molecule has 1 spiro atoms. The van der Waals surface area contributed by atoms with Crippen LogP contribution in [0.2, 0.25) is 0 Å². The Kier molecular flexibility index (Phi) is 9.74. The molecule has 71 heavy (non-hydrogen) atoms. The molecule has 0 bridgehead atoms. The van der Waals surface area contributed by atoms with Crippen molar-refractivity contribution in [2.75, 3.05) is 0 Å². The second kappa shape index (κ2) is 16.8. The van der Waals surface area contributed by atoms with Gasteiger partial charge in [-0.2, -0.15) is 0 Å². The van der Waals surface area contributed by atoms with Gasteiger partial charge in [-0.25, -0.2) is 0 Å². The number of nitrogens with zero attached hydrogens (tertiary/aromatic N) is 2. The molecule has 12 aromatic rings. The van der Waals surface area contributed by atoms with Crippen LogP contribution in [0.3, 0.4) is 0 Å². The Morgan fingerprint density at radius 2 is 0.662 bits per heavy atom. The average Bonchev–Trinajstić information content (AvgIpc) is 4.21. The van der Waals surface area contributed by atoms with Crippen LogP contribution in [-0.2, 0) is 5.41 Å². The molecule has 0 unspecified atom stereocenters. The van der Waals surface area contributed by atoms with E-state index in [4.69, 9.17) is 0 Å². The maximum Gasteiger partial charge on any atom is 0.0541 e. The van der Waals surface area contributed by atoms with Crippen molar-refractivity contribution < 1.29 is 0 Å². The van der Waals surface area contributed by atoms with E-state index in [9.17, 15) is 0 Å². The van der Waals surface area contributed by atoms with E-state index in [1.165, 1.54) is 147 Å². The minimum absolute atomic E-state index is 0.0606. The molecule has 0 radical (unpaired) electrons. The molecule has 2 nitrogen and oxygen atoms in total. The van der Waals surface area contributed by atoms with Crippen LogP contribution in [-0.4, -0.2) is 9.13 Å². The fourth-order valence-electron chi connectivity index (χ4n) is 12.2. The molecule has 2 aromatic heterocycles. The van der Waals surface area contributed by atoms with Crippen molar-refractivity contribution in [2.45, 2.75) is 31.1 Å². The fourth-order valence-corrected chi connectivity index (χ4v) is 12.2. The van der Waals surface area contributed by atoms with Crippen LogP contribution in [0.4, 0.5) is 0 Å². The molecule has 2 aliphatic rings. The maximum atomic E-state index is 2.52. The molecule has 0 atom stereocenters. The van der Waals surface area contributed by atoms with Crippen LogP contribution in [0, 0.1) is 0 Å². The Morgan fingerprint density at radius 3 is 1.11 bits per heavy atom. The first-order valence-corrected chi connectivity index (χ1v) is 25.2. The third-order valence-corrected chi connectivity index (χ3v) is 15.7. The highest BCUT2D eigenvalue weighted by Gasteiger charge is 2.45. The van der Waals surface area contributed by atoms with Crippen LogP contribution in [0.15, 0.2) is 231 Å². The van der Waals surface area contributed by atoms with E-state index in [1.54, 1.807) is 0 Å². The number of benzene rings is 10. The van der Waals surface area contributed by atoms with Crippen LogP contribution in [0.5, 0.6) is 0 Å². The van der Waals surface area contributed by atoms with E-state index in [-0.39, 0.29) is 5.41 Å². The zero-order chi connectivity index (χ0) is 46.9. The first kappa shape index (κ1) is 41.3. The molecule has 0 N–H and O–H groups in total. The highest BCUT2D eigenvalue weighted by molar-refractivity contribution is 6.11. The lowest BCUT2D eigenvalue weighted by molar-refractivity contribution is 0.550. The quantitative estimate of drug-likeness (QED) is 0.134. The smallest absolute Gasteiger partial charge is 0.0541 e. The third kappa shape index (κ3) is 6.93. The summed E-state index contributed by atoms with van der Waals surface area (Å²) in [6.45, 7) is 0. The molecule has 1 saturated carbocycles. The first-order valence-electron chi connectivity index (χ1n) is 25.2. The monoisotopic (exact) mass is 906 g/mol. The molecular weight excluding hydrogens is 857 g/mol. The Labute approximate surface area is 414 Å². The minimum Gasteiger partial charge on any atom is -0.309 e. The lowest BCUT2D eigenvalue weighted by Gasteiger charge is -2.27. The SMILES string of the molecule is C(=Cc1ccc2c(c1)c1ccccc1n2-c1ccccc1)c1ccc(-c2ccc3c(c2)C2(CCCC2)c2cc(-c4ccc(C=Cc5ccc6c(c5)c5ccccc5n6-c5ccccc5)cc4)ccc2-3)cc1. The highest BCUT2D eigenvalue weighted by Crippen LogP contribution is 2.58. The van der Waals surface area contributed by atoms with Crippen LogP contribution < -0.4 is 0 Å². The van der Waals surface area contributed by atoms with Crippen LogP contribution in [0.1, 0.15) is 59.1 Å². The number of hydrogen-bond donors (Lipinski definition) is 0. The van der Waals surface area contributed by atoms with Crippen molar-refractivity contribution in [3.63, 3.8) is 0 Å². The first-order chi connectivity index (χ1) is 35.1. The number of hydrogen-bond acceptors (Lipinski definition) is 0. The van der Waals surface area contributed by atoms with Gasteiger partial charge in [-0.05, 0) is 152 Å². The second-order valence-corrected chi connectivity index (χ2v) is 19.7. The van der Waals surface area contributed by atoms with E-state index in [2.05, 4.69) is 264 Å². The summed E-state index contributed by atoms with van der Waals surface area (Å²) in [7, 11) is 0. The van der Waals surface area contributed by atoms with E-state index in [0.29, 0.717) is 0 Å². The molecule has 0 saturated heterocycles. The fraction of sp³-hybridized carbons (Fsp3) is 0.0725. The predicted molar refractivity (Wildman–Crippen MR) is 301 cm³/mol. The Balaban J connectivity index is 0.706. The molecule has 0 aliphatic heterocycles. The van der Waals surface area contributed by atoms with Crippen molar-refractivity contribution in [3.8, 4) is 44.8 Å². The van der Waals surface area contributed by atoms with Gasteiger partial charge in [-0.15, -0.1) is 0 Å². The summed E-state index contributed by atoms with van der Waals surface area (Å²) in [6, 6.07) is 85.2. The standard InChI is InChI=1S/C69H50N2/c1-3-13-55(14-4-1)70-65-19-9-7-17-59(65)61-43-49(29-39-67(61)70)23-21-47-25-31-51(32-26-47)53-35-37-57-58-38-36-54(46-64(58)69(63(57)45-53)41-11-12-42-69)52-33-27-48(28-34-52)22-24-50-30-40-68-62(44-50)60-18-8-10-20-66(60)71(68)56-15-5-2-6-16-56/h1-10,13-40,43-46H,11-12,41-42H2. The van der Waals surface area contributed by atoms with Gasteiger partial charge >= 0.3 is 0 Å². The van der Waals surface area contributed by atoms with Crippen molar-refractivity contribution in [1.82, 2.24) is 9.13 Å². The number of fused-ring (bicyclic) bond motifs is 11. The summed E-state index contributed by atoms with van der Waals surface area (Å²) in [5.41, 5.74) is 23.0. The van der Waals surface area contributed by atoms with Gasteiger partial charge in [0.25, 0.3) is 0 Å². The zero-order valence-electron chi connectivity index (χ0n) is 39.5. The summed E-state index contributed by atoms with van der Waals surface area (Å²) in [5, 5.41) is 5.08. The maximum absolute atomic E-state index is 2.52. The van der Waals surface area contributed by atoms with E-state index < -0.39 is 0 Å². The van der Waals surface area contributed by atoms with Gasteiger partial charge in [-0.3, -0.25) is 0 Å². The van der Waals surface area contributed by atoms with Crippen molar-refractivity contribution in [2.24, 2.45) is 0 Å². The molecule has 336 valence electrons. The Hall–Kier alpha value is -8.72. The predicted octanol–water partition coefficient (Wildman–Crippen LogP) is 18.4. The van der Waals surface area contributed by atoms with E-state index in [0.717, 1.165) is 0 Å². The lowest BCUT2D eigenvalue weighted by Crippen LogP contribution is -2.20. The van der Waals surface area contributed by atoms with E-state index >= 15 is 0 Å². The normalized spacial score (nSPS) is 14.0. The molecular formula is C69H50N2. The third-order valence-electron chi connectivity index (χ3n) is 15.7. The number of rotatable bonds is 8. The van der Waals surface area contributed by atoms with Gasteiger partial charge in [0.1, 0.15) is 0 Å². The number of aromatic nitrogens is 2. The van der Waals surface area contributed by atoms with Gasteiger partial charge in [-0.1, -0.05) is 195 Å².